The fourth-order valence-corrected chi connectivity index (χ4v) is 2.50. The normalized spacial score (nSPS) is 10.7. The molecule has 0 spiro atoms. The number of benzene rings is 1. The van der Waals surface area contributed by atoms with Crippen LogP contribution in [0.15, 0.2) is 41.0 Å². The van der Waals surface area contributed by atoms with E-state index in [-0.39, 0.29) is 12.1 Å². The largest absolute Gasteiger partial charge is 0.467 e. The maximum Gasteiger partial charge on any atom is 0.318 e. The van der Waals surface area contributed by atoms with E-state index in [0.717, 1.165) is 17.0 Å². The van der Waals surface area contributed by atoms with Crippen LogP contribution in [0.5, 0.6) is 0 Å². The Labute approximate surface area is 143 Å². The van der Waals surface area contributed by atoms with Crippen molar-refractivity contribution in [1.29, 1.82) is 0 Å². The van der Waals surface area contributed by atoms with Crippen LogP contribution in [0.3, 0.4) is 0 Å². The van der Waals surface area contributed by atoms with Crippen LogP contribution in [0.2, 0.25) is 0 Å². The first-order chi connectivity index (χ1) is 11.4. The fraction of sp³-hybridized carbons (Fsp3) is 0.389. The highest BCUT2D eigenvalue weighted by atomic mass is 16.3. The Morgan fingerprint density at radius 3 is 2.58 bits per heavy atom. The molecule has 0 radical (unpaired) electrons. The van der Waals surface area contributed by atoms with Gasteiger partial charge in [0.25, 0.3) is 0 Å². The number of carbonyl (C=O) groups is 1. The molecule has 0 atom stereocenters. The summed E-state index contributed by atoms with van der Waals surface area (Å²) in [7, 11) is 3.94. The lowest BCUT2D eigenvalue weighted by molar-refractivity contribution is 0.185. The van der Waals surface area contributed by atoms with Gasteiger partial charge < -0.3 is 25.3 Å². The Balaban J connectivity index is 2.27. The van der Waals surface area contributed by atoms with Gasteiger partial charge in [-0.3, -0.25) is 0 Å². The third kappa shape index (κ3) is 4.68. The van der Waals surface area contributed by atoms with Crippen molar-refractivity contribution in [2.24, 2.45) is 0 Å². The van der Waals surface area contributed by atoms with Gasteiger partial charge in [0.2, 0.25) is 0 Å². The fourth-order valence-electron chi connectivity index (χ4n) is 2.50. The first kappa shape index (κ1) is 17.7. The molecule has 1 heterocycles. The van der Waals surface area contributed by atoms with E-state index in [1.54, 1.807) is 11.2 Å². The van der Waals surface area contributed by atoms with Gasteiger partial charge in [-0.1, -0.05) is 0 Å². The first-order valence-corrected chi connectivity index (χ1v) is 8.00. The molecule has 1 aromatic heterocycles. The molecule has 0 saturated heterocycles. The molecule has 0 saturated carbocycles. The number of nitrogens with one attached hydrogen (secondary N) is 1. The number of furan rings is 1. The number of nitrogen functional groups attached to an aromatic ring is 1. The zero-order chi connectivity index (χ0) is 17.7. The van der Waals surface area contributed by atoms with E-state index in [0.29, 0.717) is 18.8 Å². The molecule has 0 aliphatic rings. The van der Waals surface area contributed by atoms with Gasteiger partial charge in [-0.25, -0.2) is 4.79 Å². The quantitative estimate of drug-likeness (QED) is 0.798. The van der Waals surface area contributed by atoms with Crippen molar-refractivity contribution >= 4 is 17.4 Å². The average molecular weight is 330 g/mol. The smallest absolute Gasteiger partial charge is 0.318 e. The molecule has 2 aromatic rings. The number of carbonyl (C=O) groups excluding carboxylic acids is 1. The van der Waals surface area contributed by atoms with Crippen LogP contribution in [-0.2, 0) is 13.1 Å². The summed E-state index contributed by atoms with van der Waals surface area (Å²) in [5.41, 5.74) is 8.64. The Morgan fingerprint density at radius 1 is 1.25 bits per heavy atom. The molecule has 0 aliphatic carbocycles. The van der Waals surface area contributed by atoms with E-state index >= 15 is 0 Å². The molecule has 0 unspecified atom stereocenters. The van der Waals surface area contributed by atoms with Crippen molar-refractivity contribution in [1.82, 2.24) is 10.2 Å². The van der Waals surface area contributed by atoms with Crippen LogP contribution in [0, 0.1) is 0 Å². The Bertz CT molecular complexity index is 666. The Kier molecular flexibility index (Phi) is 5.73. The van der Waals surface area contributed by atoms with Gasteiger partial charge in [-0.15, -0.1) is 0 Å². The van der Waals surface area contributed by atoms with Gasteiger partial charge in [-0.2, -0.15) is 0 Å². The van der Waals surface area contributed by atoms with Gasteiger partial charge in [0.1, 0.15) is 5.76 Å². The van der Waals surface area contributed by atoms with Crippen LogP contribution in [0.25, 0.3) is 0 Å². The Morgan fingerprint density at radius 2 is 2.00 bits per heavy atom. The lowest BCUT2D eigenvalue weighted by Crippen LogP contribution is -2.42. The van der Waals surface area contributed by atoms with Gasteiger partial charge in [0, 0.05) is 31.5 Å². The highest BCUT2D eigenvalue weighted by Crippen LogP contribution is 2.24. The maximum atomic E-state index is 12.6. The minimum Gasteiger partial charge on any atom is -0.467 e. The van der Waals surface area contributed by atoms with E-state index in [9.17, 15) is 4.79 Å². The van der Waals surface area contributed by atoms with Crippen molar-refractivity contribution in [3.05, 3.63) is 47.9 Å². The van der Waals surface area contributed by atoms with Crippen molar-refractivity contribution in [3.63, 3.8) is 0 Å². The van der Waals surface area contributed by atoms with Gasteiger partial charge in [0.05, 0.1) is 19.4 Å². The standard InChI is InChI=1S/C18H26N4O2/c1-13(2)20-18(23)22(12-16-6-5-9-24-16)11-14-10-15(19)7-8-17(14)21(3)4/h5-10,13H,11-12,19H2,1-4H3,(H,20,23). The summed E-state index contributed by atoms with van der Waals surface area (Å²) < 4.78 is 5.40. The summed E-state index contributed by atoms with van der Waals surface area (Å²) in [4.78, 5) is 16.3. The summed E-state index contributed by atoms with van der Waals surface area (Å²) in [6, 6.07) is 9.36. The van der Waals surface area contributed by atoms with Gasteiger partial charge in [-0.05, 0) is 49.7 Å². The number of hydrogen-bond acceptors (Lipinski definition) is 4. The minimum absolute atomic E-state index is 0.0609. The summed E-state index contributed by atoms with van der Waals surface area (Å²) in [6.07, 6.45) is 1.61. The summed E-state index contributed by atoms with van der Waals surface area (Å²) in [6.45, 7) is 4.72. The highest BCUT2D eigenvalue weighted by Gasteiger charge is 2.18. The predicted molar refractivity (Wildman–Crippen MR) is 96.8 cm³/mol. The zero-order valence-corrected chi connectivity index (χ0v) is 14.7. The second kappa shape index (κ2) is 7.77. The SMILES string of the molecule is CC(C)NC(=O)N(Cc1ccco1)Cc1cc(N)ccc1N(C)C. The van der Waals surface area contributed by atoms with E-state index in [2.05, 4.69) is 5.32 Å². The first-order valence-electron chi connectivity index (χ1n) is 8.00. The molecule has 2 rings (SSSR count). The minimum atomic E-state index is -0.131. The molecule has 6 heteroatoms. The third-order valence-corrected chi connectivity index (χ3v) is 3.57. The molecule has 6 nitrogen and oxygen atoms in total. The van der Waals surface area contributed by atoms with Crippen LogP contribution >= 0.6 is 0 Å². The van der Waals surface area contributed by atoms with Crippen molar-refractivity contribution in [2.75, 3.05) is 24.7 Å². The van der Waals surface area contributed by atoms with E-state index < -0.39 is 0 Å². The van der Waals surface area contributed by atoms with E-state index in [1.807, 2.05) is 63.2 Å². The van der Waals surface area contributed by atoms with Crippen LogP contribution in [0.1, 0.15) is 25.2 Å². The molecular formula is C18H26N4O2. The number of anilines is 2. The number of rotatable bonds is 6. The number of nitrogens with zero attached hydrogens (tertiary/aromatic N) is 2. The van der Waals surface area contributed by atoms with Crippen LogP contribution in [0.4, 0.5) is 16.2 Å². The van der Waals surface area contributed by atoms with Gasteiger partial charge in [0.15, 0.2) is 0 Å². The molecule has 0 fully saturated rings. The molecule has 2 amide bonds. The van der Waals surface area contributed by atoms with Gasteiger partial charge >= 0.3 is 6.03 Å². The van der Waals surface area contributed by atoms with E-state index in [4.69, 9.17) is 10.2 Å². The monoisotopic (exact) mass is 330 g/mol. The van der Waals surface area contributed by atoms with Crippen molar-refractivity contribution < 1.29 is 9.21 Å². The molecule has 24 heavy (non-hydrogen) atoms. The van der Waals surface area contributed by atoms with Crippen molar-refractivity contribution in [3.8, 4) is 0 Å². The zero-order valence-electron chi connectivity index (χ0n) is 14.7. The Hall–Kier alpha value is -2.63. The lowest BCUT2D eigenvalue weighted by Gasteiger charge is -2.26. The highest BCUT2D eigenvalue weighted by molar-refractivity contribution is 5.75. The maximum absolute atomic E-state index is 12.6. The molecular weight excluding hydrogens is 304 g/mol. The molecule has 130 valence electrons. The molecule has 3 N–H and O–H groups in total. The third-order valence-electron chi connectivity index (χ3n) is 3.57. The number of nitrogens with two attached hydrogens (primary N) is 1. The summed E-state index contributed by atoms with van der Waals surface area (Å²) in [5, 5.41) is 2.94. The van der Waals surface area contributed by atoms with Crippen LogP contribution in [-0.4, -0.2) is 31.1 Å². The summed E-state index contributed by atoms with van der Waals surface area (Å²) >= 11 is 0. The van der Waals surface area contributed by atoms with E-state index in [1.165, 1.54) is 0 Å². The number of hydrogen-bond donors (Lipinski definition) is 2. The number of amides is 2. The average Bonchev–Trinajstić information content (AvgIpc) is 2.98. The second-order valence-corrected chi connectivity index (χ2v) is 6.32. The van der Waals surface area contributed by atoms with Crippen LogP contribution < -0.4 is 16.0 Å². The predicted octanol–water partition coefficient (Wildman–Crippen LogP) is 3.05. The summed E-state index contributed by atoms with van der Waals surface area (Å²) in [5.74, 6) is 0.740. The molecule has 0 aliphatic heterocycles. The topological polar surface area (TPSA) is 74.7 Å². The molecule has 1 aromatic carbocycles. The lowest BCUT2D eigenvalue weighted by atomic mass is 10.1. The van der Waals surface area contributed by atoms with Crippen molar-refractivity contribution in [2.45, 2.75) is 33.0 Å². The second-order valence-electron chi connectivity index (χ2n) is 6.32. The molecule has 0 bridgehead atoms. The number of urea groups is 1.